The maximum Gasteiger partial charge on any atom is 0.319 e. The summed E-state index contributed by atoms with van der Waals surface area (Å²) in [4.78, 5) is 23.7. The highest BCUT2D eigenvalue weighted by molar-refractivity contribution is 5.91. The summed E-state index contributed by atoms with van der Waals surface area (Å²) >= 11 is 0. The van der Waals surface area contributed by atoms with Crippen molar-refractivity contribution in [3.05, 3.63) is 65.2 Å². The molecule has 0 heterocycles. The van der Waals surface area contributed by atoms with Gasteiger partial charge in [0.05, 0.1) is 12.5 Å². The van der Waals surface area contributed by atoms with Crippen LogP contribution in [0.25, 0.3) is 0 Å². The Balaban J connectivity index is 1.72. The average Bonchev–Trinajstić information content (AvgIpc) is 2.79. The molecule has 0 bridgehead atoms. The fourth-order valence-electron chi connectivity index (χ4n) is 3.37. The van der Waals surface area contributed by atoms with E-state index in [0.29, 0.717) is 11.3 Å². The normalized spacial score (nSPS) is 16.4. The number of rotatable bonds is 4. The molecule has 0 spiro atoms. The van der Waals surface area contributed by atoms with Crippen LogP contribution < -0.4 is 16.4 Å². The SMILES string of the molecule is NC(=O)Cc1ccccc1NC(=O)NC1CCCCc2ccccc21. The molecule has 1 aliphatic carbocycles. The highest BCUT2D eigenvalue weighted by atomic mass is 16.2. The van der Waals surface area contributed by atoms with E-state index in [1.807, 2.05) is 24.3 Å². The van der Waals surface area contributed by atoms with Gasteiger partial charge in [0.2, 0.25) is 5.91 Å². The Bertz CT molecular complexity index is 773. The first-order valence-electron chi connectivity index (χ1n) is 8.65. The van der Waals surface area contributed by atoms with Crippen LogP contribution in [0.2, 0.25) is 0 Å². The minimum atomic E-state index is -0.424. The maximum atomic E-state index is 12.5. The number of nitrogens with one attached hydrogen (secondary N) is 2. The summed E-state index contributed by atoms with van der Waals surface area (Å²) in [6.45, 7) is 0. The number of anilines is 1. The summed E-state index contributed by atoms with van der Waals surface area (Å²) in [5.74, 6) is -0.424. The highest BCUT2D eigenvalue weighted by Crippen LogP contribution is 2.28. The molecule has 3 rings (SSSR count). The number of benzene rings is 2. The minimum absolute atomic E-state index is 0.00185. The molecule has 25 heavy (non-hydrogen) atoms. The molecule has 5 heteroatoms. The standard InChI is InChI=1S/C20H23N3O2/c21-19(24)13-15-9-3-5-11-17(15)22-20(25)23-18-12-6-2-8-14-7-1-4-10-16(14)18/h1,3-5,7,9-11,18H,2,6,8,12-13H2,(H2,21,24)(H2,22,23,25). The van der Waals surface area contributed by atoms with Crippen LogP contribution in [0.15, 0.2) is 48.5 Å². The van der Waals surface area contributed by atoms with Crippen LogP contribution in [-0.2, 0) is 17.6 Å². The summed E-state index contributed by atoms with van der Waals surface area (Å²) in [6.07, 6.45) is 4.30. The van der Waals surface area contributed by atoms with E-state index in [-0.39, 0.29) is 18.5 Å². The van der Waals surface area contributed by atoms with Crippen LogP contribution in [0, 0.1) is 0 Å². The number of aryl methyl sites for hydroxylation is 1. The fourth-order valence-corrected chi connectivity index (χ4v) is 3.37. The Kier molecular flexibility index (Phi) is 5.33. The first kappa shape index (κ1) is 17.0. The summed E-state index contributed by atoms with van der Waals surface area (Å²) in [5.41, 5.74) is 9.10. The molecule has 130 valence electrons. The predicted molar refractivity (Wildman–Crippen MR) is 98.2 cm³/mol. The molecule has 4 N–H and O–H groups in total. The number of primary amides is 1. The van der Waals surface area contributed by atoms with Crippen LogP contribution in [0.5, 0.6) is 0 Å². The van der Waals surface area contributed by atoms with Gasteiger partial charge in [-0.25, -0.2) is 4.79 Å². The molecule has 1 unspecified atom stereocenters. The van der Waals surface area contributed by atoms with Gasteiger partial charge in [0, 0.05) is 5.69 Å². The zero-order valence-electron chi connectivity index (χ0n) is 14.1. The molecule has 0 saturated carbocycles. The second-order valence-electron chi connectivity index (χ2n) is 6.40. The number of hydrogen-bond donors (Lipinski definition) is 3. The molecule has 1 atom stereocenters. The van der Waals surface area contributed by atoms with Crippen molar-refractivity contribution in [1.82, 2.24) is 5.32 Å². The fraction of sp³-hybridized carbons (Fsp3) is 0.300. The van der Waals surface area contributed by atoms with E-state index < -0.39 is 5.91 Å². The molecule has 0 saturated heterocycles. The van der Waals surface area contributed by atoms with Crippen molar-refractivity contribution in [3.63, 3.8) is 0 Å². The van der Waals surface area contributed by atoms with Crippen LogP contribution in [0.3, 0.4) is 0 Å². The topological polar surface area (TPSA) is 84.2 Å². The monoisotopic (exact) mass is 337 g/mol. The second kappa shape index (κ2) is 7.83. The van der Waals surface area contributed by atoms with Crippen molar-refractivity contribution in [2.45, 2.75) is 38.1 Å². The smallest absolute Gasteiger partial charge is 0.319 e. The maximum absolute atomic E-state index is 12.5. The number of para-hydroxylation sites is 1. The first-order chi connectivity index (χ1) is 12.1. The number of hydrogen-bond acceptors (Lipinski definition) is 2. The van der Waals surface area contributed by atoms with Crippen molar-refractivity contribution >= 4 is 17.6 Å². The van der Waals surface area contributed by atoms with E-state index in [1.54, 1.807) is 12.1 Å². The molecule has 0 radical (unpaired) electrons. The zero-order valence-corrected chi connectivity index (χ0v) is 14.1. The molecular formula is C20H23N3O2. The van der Waals surface area contributed by atoms with Gasteiger partial charge in [-0.05, 0) is 42.0 Å². The molecule has 5 nitrogen and oxygen atoms in total. The number of nitrogens with two attached hydrogens (primary N) is 1. The van der Waals surface area contributed by atoms with Crippen LogP contribution >= 0.6 is 0 Å². The van der Waals surface area contributed by atoms with E-state index in [9.17, 15) is 9.59 Å². The first-order valence-corrected chi connectivity index (χ1v) is 8.65. The average molecular weight is 337 g/mol. The Morgan fingerprint density at radius 1 is 1.04 bits per heavy atom. The van der Waals surface area contributed by atoms with Crippen LogP contribution in [0.1, 0.15) is 42.0 Å². The largest absolute Gasteiger partial charge is 0.369 e. The third kappa shape index (κ3) is 4.38. The molecule has 0 aliphatic heterocycles. The van der Waals surface area contributed by atoms with Gasteiger partial charge < -0.3 is 16.4 Å². The summed E-state index contributed by atoms with van der Waals surface area (Å²) in [6, 6.07) is 15.2. The van der Waals surface area contributed by atoms with Crippen molar-refractivity contribution < 1.29 is 9.59 Å². The van der Waals surface area contributed by atoms with Crippen molar-refractivity contribution in [2.75, 3.05) is 5.32 Å². The Labute approximate surface area is 147 Å². The predicted octanol–water partition coefficient (Wildman–Crippen LogP) is 3.30. The van der Waals surface area contributed by atoms with Crippen LogP contribution in [-0.4, -0.2) is 11.9 Å². The highest BCUT2D eigenvalue weighted by Gasteiger charge is 2.20. The summed E-state index contributed by atoms with van der Waals surface area (Å²) in [5, 5.41) is 5.93. The van der Waals surface area contributed by atoms with Gasteiger partial charge >= 0.3 is 6.03 Å². The minimum Gasteiger partial charge on any atom is -0.369 e. The van der Waals surface area contributed by atoms with Crippen LogP contribution in [0.4, 0.5) is 10.5 Å². The van der Waals surface area contributed by atoms with E-state index in [2.05, 4.69) is 22.8 Å². The lowest BCUT2D eigenvalue weighted by molar-refractivity contribution is -0.117. The van der Waals surface area contributed by atoms with Gasteiger partial charge in [-0.15, -0.1) is 0 Å². The quantitative estimate of drug-likeness (QED) is 0.748. The number of urea groups is 1. The van der Waals surface area contributed by atoms with Crippen molar-refractivity contribution in [2.24, 2.45) is 5.73 Å². The summed E-state index contributed by atoms with van der Waals surface area (Å²) < 4.78 is 0. The molecular weight excluding hydrogens is 314 g/mol. The third-order valence-electron chi connectivity index (χ3n) is 4.55. The molecule has 1 aliphatic rings. The van der Waals surface area contributed by atoms with Gasteiger partial charge in [-0.1, -0.05) is 48.9 Å². The van der Waals surface area contributed by atoms with Gasteiger partial charge in [0.1, 0.15) is 0 Å². The van der Waals surface area contributed by atoms with Gasteiger partial charge in [-0.2, -0.15) is 0 Å². The molecule has 2 aromatic carbocycles. The Morgan fingerprint density at radius 2 is 1.80 bits per heavy atom. The van der Waals surface area contributed by atoms with E-state index in [4.69, 9.17) is 5.73 Å². The number of fused-ring (bicyclic) bond motifs is 1. The molecule has 2 aromatic rings. The van der Waals surface area contributed by atoms with Gasteiger partial charge in [-0.3, -0.25) is 4.79 Å². The third-order valence-corrected chi connectivity index (χ3v) is 4.55. The molecule has 0 fully saturated rings. The zero-order chi connectivity index (χ0) is 17.6. The number of carbonyl (C=O) groups is 2. The molecule has 3 amide bonds. The lowest BCUT2D eigenvalue weighted by Gasteiger charge is -2.20. The number of amides is 3. The Morgan fingerprint density at radius 3 is 2.64 bits per heavy atom. The second-order valence-corrected chi connectivity index (χ2v) is 6.40. The van der Waals surface area contributed by atoms with Gasteiger partial charge in [0.15, 0.2) is 0 Å². The van der Waals surface area contributed by atoms with E-state index in [0.717, 1.165) is 25.7 Å². The lowest BCUT2D eigenvalue weighted by atomic mass is 9.99. The summed E-state index contributed by atoms with van der Waals surface area (Å²) in [7, 11) is 0. The molecule has 0 aromatic heterocycles. The van der Waals surface area contributed by atoms with E-state index in [1.165, 1.54) is 11.1 Å². The van der Waals surface area contributed by atoms with Crippen molar-refractivity contribution in [3.8, 4) is 0 Å². The van der Waals surface area contributed by atoms with Crippen molar-refractivity contribution in [1.29, 1.82) is 0 Å². The van der Waals surface area contributed by atoms with Gasteiger partial charge in [0.25, 0.3) is 0 Å². The lowest BCUT2D eigenvalue weighted by Crippen LogP contribution is -2.33. The number of carbonyl (C=O) groups excluding carboxylic acids is 2. The Hall–Kier alpha value is -2.82. The van der Waals surface area contributed by atoms with E-state index >= 15 is 0 Å².